The van der Waals surface area contributed by atoms with E-state index in [-0.39, 0.29) is 11.4 Å². The van der Waals surface area contributed by atoms with Crippen LogP contribution in [0.25, 0.3) is 0 Å². The minimum absolute atomic E-state index is 0.108. The van der Waals surface area contributed by atoms with Gasteiger partial charge in [-0.1, -0.05) is 0 Å². The summed E-state index contributed by atoms with van der Waals surface area (Å²) >= 11 is 1.21. The number of halogens is 4. The van der Waals surface area contributed by atoms with Gasteiger partial charge in [-0.3, -0.25) is 4.79 Å². The third-order valence-electron chi connectivity index (χ3n) is 3.29. The van der Waals surface area contributed by atoms with Gasteiger partial charge in [-0.15, -0.1) is 11.8 Å². The number of benzene rings is 2. The topological polar surface area (TPSA) is 78.9 Å². The highest BCUT2D eigenvalue weighted by molar-refractivity contribution is 7.99. The molecule has 9 heteroatoms. The second kappa shape index (κ2) is 8.21. The van der Waals surface area contributed by atoms with Gasteiger partial charge in [0.1, 0.15) is 5.82 Å². The van der Waals surface area contributed by atoms with Gasteiger partial charge >= 0.3 is 6.18 Å². The lowest BCUT2D eigenvalue weighted by atomic mass is 10.1. The normalized spacial score (nSPS) is 12.3. The van der Waals surface area contributed by atoms with E-state index in [1.54, 1.807) is 0 Å². The number of rotatable bonds is 5. The van der Waals surface area contributed by atoms with Crippen molar-refractivity contribution in [2.24, 2.45) is 5.73 Å². The van der Waals surface area contributed by atoms with Crippen LogP contribution in [0.1, 0.15) is 11.1 Å². The predicted molar refractivity (Wildman–Crippen MR) is 89.9 cm³/mol. The van der Waals surface area contributed by atoms with Crippen molar-refractivity contribution in [1.82, 2.24) is 0 Å². The summed E-state index contributed by atoms with van der Waals surface area (Å²) in [6.07, 6.45) is -4.72. The third kappa shape index (κ3) is 5.21. The Morgan fingerprint density at radius 1 is 1.23 bits per heavy atom. The zero-order chi connectivity index (χ0) is 19.3. The maximum absolute atomic E-state index is 12.9. The van der Waals surface area contributed by atoms with Crippen LogP contribution in [0.4, 0.5) is 23.2 Å². The van der Waals surface area contributed by atoms with Crippen molar-refractivity contribution in [3.8, 4) is 6.07 Å². The number of alkyl halides is 3. The van der Waals surface area contributed by atoms with Crippen LogP contribution in [0.5, 0.6) is 0 Å². The molecule has 0 aliphatic heterocycles. The number of hydrogen-bond acceptors (Lipinski definition) is 4. The summed E-state index contributed by atoms with van der Waals surface area (Å²) in [5.74, 6) is -0.907. The van der Waals surface area contributed by atoms with E-state index in [9.17, 15) is 22.4 Å². The summed E-state index contributed by atoms with van der Waals surface area (Å²) in [5.41, 5.74) is 3.97. The molecule has 0 aliphatic rings. The van der Waals surface area contributed by atoms with Crippen molar-refractivity contribution >= 4 is 23.4 Å². The highest BCUT2D eigenvalue weighted by atomic mass is 32.2. The van der Waals surface area contributed by atoms with E-state index in [1.807, 2.05) is 0 Å². The maximum Gasteiger partial charge on any atom is 0.417 e. The summed E-state index contributed by atoms with van der Waals surface area (Å²) in [7, 11) is 0. The molecule has 2 aromatic carbocycles. The zero-order valence-corrected chi connectivity index (χ0v) is 14.0. The minimum atomic E-state index is -4.72. The molecule has 0 radical (unpaired) electrons. The van der Waals surface area contributed by atoms with Gasteiger partial charge in [0.05, 0.1) is 23.2 Å². The molecule has 0 spiro atoms. The van der Waals surface area contributed by atoms with Gasteiger partial charge in [-0.05, 0) is 42.5 Å². The Hall–Kier alpha value is -2.57. The molecule has 26 heavy (non-hydrogen) atoms. The fourth-order valence-electron chi connectivity index (χ4n) is 1.98. The molecule has 4 nitrogen and oxygen atoms in total. The smallest absolute Gasteiger partial charge is 0.325 e. The van der Waals surface area contributed by atoms with Crippen LogP contribution in [-0.4, -0.2) is 17.7 Å². The van der Waals surface area contributed by atoms with Crippen molar-refractivity contribution < 1.29 is 22.4 Å². The lowest BCUT2D eigenvalue weighted by molar-refractivity contribution is -0.137. The fraction of sp³-hybridized carbons (Fsp3) is 0.176. The Kier molecular flexibility index (Phi) is 6.23. The average molecular weight is 383 g/mol. The van der Waals surface area contributed by atoms with Gasteiger partial charge in [0.25, 0.3) is 0 Å². The summed E-state index contributed by atoms with van der Waals surface area (Å²) < 4.78 is 51.6. The van der Waals surface area contributed by atoms with Crippen LogP contribution in [0.15, 0.2) is 47.4 Å². The number of amides is 1. The highest BCUT2D eigenvalue weighted by Crippen LogP contribution is 2.33. The lowest BCUT2D eigenvalue weighted by Gasteiger charge is -2.14. The number of nitrogens with zero attached hydrogens (tertiary/aromatic N) is 1. The monoisotopic (exact) mass is 383 g/mol. The Balaban J connectivity index is 2.02. The van der Waals surface area contributed by atoms with Gasteiger partial charge < -0.3 is 11.1 Å². The van der Waals surface area contributed by atoms with E-state index in [1.165, 1.54) is 48.2 Å². The molecule has 0 fully saturated rings. The molecule has 136 valence electrons. The number of nitrogens with two attached hydrogens (primary N) is 1. The van der Waals surface area contributed by atoms with E-state index >= 15 is 0 Å². The van der Waals surface area contributed by atoms with Crippen LogP contribution >= 0.6 is 11.8 Å². The quantitative estimate of drug-likeness (QED) is 0.609. The van der Waals surface area contributed by atoms with Gasteiger partial charge in [0, 0.05) is 16.3 Å². The average Bonchev–Trinajstić information content (AvgIpc) is 2.60. The van der Waals surface area contributed by atoms with Crippen LogP contribution in [-0.2, 0) is 11.0 Å². The first-order valence-corrected chi connectivity index (χ1v) is 8.25. The van der Waals surface area contributed by atoms with Crippen molar-refractivity contribution in [2.75, 3.05) is 11.1 Å². The number of thioether (sulfide) groups is 1. The van der Waals surface area contributed by atoms with Gasteiger partial charge in [0.15, 0.2) is 0 Å². The number of carbonyl (C=O) groups excluding carboxylic acids is 1. The molecule has 3 N–H and O–H groups in total. The molecule has 1 atom stereocenters. The summed E-state index contributed by atoms with van der Waals surface area (Å²) in [6.45, 7) is 0. The summed E-state index contributed by atoms with van der Waals surface area (Å²) in [4.78, 5) is 12.7. The highest BCUT2D eigenvalue weighted by Gasteiger charge is 2.34. The molecule has 0 bridgehead atoms. The van der Waals surface area contributed by atoms with Crippen molar-refractivity contribution in [2.45, 2.75) is 17.1 Å². The van der Waals surface area contributed by atoms with Crippen molar-refractivity contribution in [3.63, 3.8) is 0 Å². The van der Waals surface area contributed by atoms with Crippen LogP contribution in [0, 0.1) is 17.1 Å². The Labute approximate surface area is 151 Å². The molecule has 0 heterocycles. The maximum atomic E-state index is 12.9. The Bertz CT molecular complexity index is 831. The van der Waals surface area contributed by atoms with Crippen LogP contribution < -0.4 is 11.1 Å². The number of anilines is 1. The van der Waals surface area contributed by atoms with E-state index in [0.29, 0.717) is 11.0 Å². The molecule has 2 aromatic rings. The molecule has 1 amide bonds. The minimum Gasteiger partial charge on any atom is -0.325 e. The third-order valence-corrected chi connectivity index (χ3v) is 4.42. The largest absolute Gasteiger partial charge is 0.417 e. The molecule has 0 aliphatic carbocycles. The zero-order valence-electron chi connectivity index (χ0n) is 13.2. The van der Waals surface area contributed by atoms with Crippen LogP contribution in [0.2, 0.25) is 0 Å². The molecule has 0 saturated carbocycles. The second-order valence-electron chi connectivity index (χ2n) is 5.23. The number of hydrogen-bond donors (Lipinski definition) is 2. The lowest BCUT2D eigenvalue weighted by Crippen LogP contribution is -2.37. The molecular weight excluding hydrogens is 370 g/mol. The Morgan fingerprint density at radius 3 is 2.46 bits per heavy atom. The van der Waals surface area contributed by atoms with E-state index < -0.39 is 35.1 Å². The first kappa shape index (κ1) is 19.8. The molecular formula is C17H13F4N3OS. The number of nitriles is 1. The van der Waals surface area contributed by atoms with Crippen molar-refractivity contribution in [1.29, 1.82) is 5.26 Å². The van der Waals surface area contributed by atoms with Gasteiger partial charge in [-0.25, -0.2) is 4.39 Å². The summed E-state index contributed by atoms with van der Waals surface area (Å²) in [6, 6.07) is 8.94. The molecule has 0 saturated heterocycles. The first-order chi connectivity index (χ1) is 12.2. The predicted octanol–water partition coefficient (Wildman–Crippen LogP) is 3.77. The van der Waals surface area contributed by atoms with Gasteiger partial charge in [0.2, 0.25) is 5.91 Å². The van der Waals surface area contributed by atoms with Gasteiger partial charge in [-0.2, -0.15) is 18.4 Å². The Morgan fingerprint density at radius 2 is 1.88 bits per heavy atom. The van der Waals surface area contributed by atoms with Crippen LogP contribution in [0.3, 0.4) is 0 Å². The second-order valence-corrected chi connectivity index (χ2v) is 6.32. The number of carbonyl (C=O) groups is 1. The SMILES string of the molecule is N#Cc1ccc(NC(=O)C(N)CSc2ccc(F)cc2)cc1C(F)(F)F. The fourth-order valence-corrected chi connectivity index (χ4v) is 2.83. The molecule has 0 aromatic heterocycles. The van der Waals surface area contributed by atoms with E-state index in [0.717, 1.165) is 6.07 Å². The van der Waals surface area contributed by atoms with E-state index in [2.05, 4.69) is 5.32 Å². The van der Waals surface area contributed by atoms with E-state index in [4.69, 9.17) is 11.0 Å². The van der Waals surface area contributed by atoms with Crippen molar-refractivity contribution in [3.05, 3.63) is 59.4 Å². The number of nitrogens with one attached hydrogen (secondary N) is 1. The standard InChI is InChI=1S/C17H13F4N3OS/c18-11-2-5-13(6-3-11)26-9-15(23)16(25)24-12-4-1-10(8-22)14(7-12)17(19,20)21/h1-7,15H,9,23H2,(H,24,25). The summed E-state index contributed by atoms with van der Waals surface area (Å²) in [5, 5.41) is 11.1. The first-order valence-electron chi connectivity index (χ1n) is 7.27. The molecule has 2 rings (SSSR count). The molecule has 1 unspecified atom stereocenters.